The SMILES string of the molecule is CCOc1cc(C=C2SC(=O)NC2=O)ccc1OC(=O)CC1CCCC1. The van der Waals surface area contributed by atoms with Crippen LogP contribution in [0, 0.1) is 5.92 Å². The molecule has 1 aromatic rings. The molecule has 1 aliphatic heterocycles. The maximum Gasteiger partial charge on any atom is 0.311 e. The number of hydrogen-bond donors (Lipinski definition) is 1. The molecule has 2 fully saturated rings. The van der Waals surface area contributed by atoms with E-state index in [1.54, 1.807) is 24.3 Å². The summed E-state index contributed by atoms with van der Waals surface area (Å²) in [6.07, 6.45) is 6.56. The van der Waals surface area contributed by atoms with Crippen LogP contribution in [-0.2, 0) is 9.59 Å². The second-order valence-electron chi connectivity index (χ2n) is 6.32. The van der Waals surface area contributed by atoms with Crippen molar-refractivity contribution in [3.63, 3.8) is 0 Å². The van der Waals surface area contributed by atoms with Gasteiger partial charge < -0.3 is 9.47 Å². The van der Waals surface area contributed by atoms with Gasteiger partial charge in [0.25, 0.3) is 11.1 Å². The van der Waals surface area contributed by atoms with E-state index in [1.807, 2.05) is 6.92 Å². The van der Waals surface area contributed by atoms with E-state index in [0.29, 0.717) is 40.9 Å². The smallest absolute Gasteiger partial charge is 0.311 e. The van der Waals surface area contributed by atoms with E-state index in [2.05, 4.69) is 5.32 Å². The molecule has 7 heteroatoms. The van der Waals surface area contributed by atoms with Gasteiger partial charge in [0.1, 0.15) is 0 Å². The Hall–Kier alpha value is -2.28. The molecule has 138 valence electrons. The van der Waals surface area contributed by atoms with Crippen molar-refractivity contribution in [2.45, 2.75) is 39.0 Å². The summed E-state index contributed by atoms with van der Waals surface area (Å²) in [5.74, 6) is 0.566. The third-order valence-corrected chi connectivity index (χ3v) is 5.17. The molecule has 1 saturated heterocycles. The molecule has 1 aromatic carbocycles. The van der Waals surface area contributed by atoms with Crippen molar-refractivity contribution < 1.29 is 23.9 Å². The van der Waals surface area contributed by atoms with Crippen molar-refractivity contribution in [3.8, 4) is 11.5 Å². The van der Waals surface area contributed by atoms with Crippen LogP contribution in [0.1, 0.15) is 44.6 Å². The number of esters is 1. The van der Waals surface area contributed by atoms with E-state index in [-0.39, 0.29) is 11.2 Å². The Morgan fingerprint density at radius 2 is 2.04 bits per heavy atom. The molecular formula is C19H21NO5S. The van der Waals surface area contributed by atoms with Gasteiger partial charge in [-0.2, -0.15) is 0 Å². The van der Waals surface area contributed by atoms with Crippen molar-refractivity contribution in [2.24, 2.45) is 5.92 Å². The quantitative estimate of drug-likeness (QED) is 0.461. The van der Waals surface area contributed by atoms with Crippen LogP contribution < -0.4 is 14.8 Å². The third kappa shape index (κ3) is 4.66. The number of amides is 2. The lowest BCUT2D eigenvalue weighted by molar-refractivity contribution is -0.135. The summed E-state index contributed by atoms with van der Waals surface area (Å²) in [5.41, 5.74) is 0.691. The van der Waals surface area contributed by atoms with Crippen LogP contribution in [-0.4, -0.2) is 23.7 Å². The highest BCUT2D eigenvalue weighted by atomic mass is 32.2. The van der Waals surface area contributed by atoms with Gasteiger partial charge in [-0.25, -0.2) is 0 Å². The second kappa shape index (κ2) is 8.40. The van der Waals surface area contributed by atoms with Crippen molar-refractivity contribution in [3.05, 3.63) is 28.7 Å². The van der Waals surface area contributed by atoms with E-state index in [0.717, 1.165) is 24.6 Å². The topological polar surface area (TPSA) is 81.7 Å². The van der Waals surface area contributed by atoms with Crippen LogP contribution >= 0.6 is 11.8 Å². The maximum atomic E-state index is 12.2. The number of rotatable bonds is 6. The summed E-state index contributed by atoms with van der Waals surface area (Å²) in [7, 11) is 0. The van der Waals surface area contributed by atoms with Crippen molar-refractivity contribution in [1.82, 2.24) is 5.32 Å². The van der Waals surface area contributed by atoms with Crippen molar-refractivity contribution in [1.29, 1.82) is 0 Å². The summed E-state index contributed by atoms with van der Waals surface area (Å²) in [4.78, 5) is 35.4. The first kappa shape index (κ1) is 18.5. The van der Waals surface area contributed by atoms with Gasteiger partial charge in [0.15, 0.2) is 11.5 Å². The highest BCUT2D eigenvalue weighted by molar-refractivity contribution is 8.18. The van der Waals surface area contributed by atoms with Crippen LogP contribution in [0.5, 0.6) is 11.5 Å². The molecule has 2 amide bonds. The van der Waals surface area contributed by atoms with Crippen molar-refractivity contribution >= 4 is 35.0 Å². The fraction of sp³-hybridized carbons (Fsp3) is 0.421. The normalized spacial score (nSPS) is 19.0. The Bertz CT molecular complexity index is 752. The zero-order valence-electron chi connectivity index (χ0n) is 14.6. The van der Waals surface area contributed by atoms with E-state index >= 15 is 0 Å². The molecule has 0 bridgehead atoms. The fourth-order valence-corrected chi connectivity index (χ4v) is 3.84. The number of hydrogen-bond acceptors (Lipinski definition) is 6. The van der Waals surface area contributed by atoms with Gasteiger partial charge in [0.05, 0.1) is 11.5 Å². The first-order valence-corrected chi connectivity index (χ1v) is 9.59. The van der Waals surface area contributed by atoms with Gasteiger partial charge in [-0.3, -0.25) is 19.7 Å². The molecule has 2 aliphatic rings. The standard InChI is InChI=1S/C19H21NO5S/c1-2-24-15-9-13(10-16-18(22)20-19(23)26-16)7-8-14(15)25-17(21)11-12-5-3-4-6-12/h7-10,12H,2-6,11H2,1H3,(H,20,22,23). The predicted molar refractivity (Wildman–Crippen MR) is 98.9 cm³/mol. The van der Waals surface area contributed by atoms with Gasteiger partial charge in [0.2, 0.25) is 0 Å². The zero-order chi connectivity index (χ0) is 18.5. The maximum absolute atomic E-state index is 12.2. The van der Waals surface area contributed by atoms with Crippen LogP contribution in [0.25, 0.3) is 6.08 Å². The van der Waals surface area contributed by atoms with Gasteiger partial charge in [-0.15, -0.1) is 0 Å². The van der Waals surface area contributed by atoms with Crippen LogP contribution in [0.4, 0.5) is 4.79 Å². The van der Waals surface area contributed by atoms with Gasteiger partial charge in [-0.05, 0) is 61.2 Å². The minimum atomic E-state index is -0.412. The van der Waals surface area contributed by atoms with Gasteiger partial charge in [-0.1, -0.05) is 18.9 Å². The molecule has 1 heterocycles. The number of thioether (sulfide) groups is 1. The highest BCUT2D eigenvalue weighted by Gasteiger charge is 2.25. The molecule has 0 aromatic heterocycles. The first-order valence-electron chi connectivity index (χ1n) is 8.77. The Kier molecular flexibility index (Phi) is 5.98. The molecule has 1 saturated carbocycles. The van der Waals surface area contributed by atoms with E-state index < -0.39 is 5.91 Å². The fourth-order valence-electron chi connectivity index (χ4n) is 3.15. The van der Waals surface area contributed by atoms with E-state index in [9.17, 15) is 14.4 Å². The Morgan fingerprint density at radius 3 is 2.69 bits per heavy atom. The summed E-state index contributed by atoms with van der Waals surface area (Å²) in [6, 6.07) is 5.08. The first-order chi connectivity index (χ1) is 12.5. The minimum absolute atomic E-state index is 0.250. The number of ether oxygens (including phenoxy) is 2. The number of benzene rings is 1. The average molecular weight is 375 g/mol. The minimum Gasteiger partial charge on any atom is -0.490 e. The van der Waals surface area contributed by atoms with E-state index in [4.69, 9.17) is 9.47 Å². The summed E-state index contributed by atoms with van der Waals surface area (Å²) < 4.78 is 11.1. The molecule has 1 N–H and O–H groups in total. The number of imide groups is 1. The predicted octanol–water partition coefficient (Wildman–Crippen LogP) is 3.89. The summed E-state index contributed by atoms with van der Waals surface area (Å²) >= 11 is 0.856. The van der Waals surface area contributed by atoms with Gasteiger partial charge in [0, 0.05) is 6.42 Å². The highest BCUT2D eigenvalue weighted by Crippen LogP contribution is 2.33. The Morgan fingerprint density at radius 1 is 1.27 bits per heavy atom. The third-order valence-electron chi connectivity index (χ3n) is 4.36. The lowest BCUT2D eigenvalue weighted by Crippen LogP contribution is -2.17. The zero-order valence-corrected chi connectivity index (χ0v) is 15.4. The molecular weight excluding hydrogens is 354 g/mol. The molecule has 1 aliphatic carbocycles. The molecule has 0 radical (unpaired) electrons. The molecule has 0 unspecified atom stereocenters. The summed E-state index contributed by atoms with van der Waals surface area (Å²) in [5, 5.41) is 1.83. The molecule has 0 spiro atoms. The van der Waals surface area contributed by atoms with E-state index in [1.165, 1.54) is 12.8 Å². The van der Waals surface area contributed by atoms with Crippen LogP contribution in [0.3, 0.4) is 0 Å². The van der Waals surface area contributed by atoms with Crippen LogP contribution in [0.2, 0.25) is 0 Å². The largest absolute Gasteiger partial charge is 0.490 e. The Balaban J connectivity index is 1.73. The monoisotopic (exact) mass is 375 g/mol. The lowest BCUT2D eigenvalue weighted by atomic mass is 10.0. The average Bonchev–Trinajstić information content (AvgIpc) is 3.20. The molecule has 3 rings (SSSR count). The molecule has 26 heavy (non-hydrogen) atoms. The lowest BCUT2D eigenvalue weighted by Gasteiger charge is -2.13. The number of carbonyl (C=O) groups is 3. The number of nitrogens with one attached hydrogen (secondary N) is 1. The van der Waals surface area contributed by atoms with Crippen LogP contribution in [0.15, 0.2) is 23.1 Å². The second-order valence-corrected chi connectivity index (χ2v) is 7.33. The van der Waals surface area contributed by atoms with Crippen molar-refractivity contribution in [2.75, 3.05) is 6.61 Å². The summed E-state index contributed by atoms with van der Waals surface area (Å²) in [6.45, 7) is 2.26. The molecule has 0 atom stereocenters. The Labute approximate surface area is 156 Å². The van der Waals surface area contributed by atoms with Gasteiger partial charge >= 0.3 is 5.97 Å². The number of carbonyl (C=O) groups excluding carboxylic acids is 3. The molecule has 6 nitrogen and oxygen atoms in total.